The van der Waals surface area contributed by atoms with Crippen molar-refractivity contribution in [3.63, 3.8) is 0 Å². The van der Waals surface area contributed by atoms with Crippen LogP contribution in [-0.2, 0) is 10.0 Å². The van der Waals surface area contributed by atoms with E-state index < -0.39 is 38.1 Å². The number of rotatable bonds is 5. The standard InChI is InChI=1S/C23H19BrF3N5O2S/c24-15-8-18(27)20(9-16(15)25)35(33,34)31-19-6-5-12(7-17(19)26)14-10-32(13-3-1-2-4-13)23-21(14)22(28)29-11-30-23/h5-11,13,31H,1-4H2,(H2,28,29,30). The molecule has 2 aromatic carbocycles. The van der Waals surface area contributed by atoms with E-state index in [1.165, 1.54) is 18.5 Å². The highest BCUT2D eigenvalue weighted by Gasteiger charge is 2.25. The number of nitrogen functional groups attached to an aromatic ring is 1. The lowest BCUT2D eigenvalue weighted by molar-refractivity contribution is 0.532. The summed E-state index contributed by atoms with van der Waals surface area (Å²) in [6.45, 7) is 0. The number of aromatic nitrogens is 3. The molecule has 12 heteroatoms. The van der Waals surface area contributed by atoms with E-state index in [1.54, 1.807) is 0 Å². The summed E-state index contributed by atoms with van der Waals surface area (Å²) in [7, 11) is -4.60. The molecule has 2 heterocycles. The Morgan fingerprint density at radius 3 is 2.49 bits per heavy atom. The zero-order valence-corrected chi connectivity index (χ0v) is 20.5. The molecule has 4 aromatic rings. The maximum Gasteiger partial charge on any atom is 0.265 e. The van der Waals surface area contributed by atoms with Crippen molar-refractivity contribution in [3.8, 4) is 11.1 Å². The number of anilines is 2. The van der Waals surface area contributed by atoms with Gasteiger partial charge in [0.25, 0.3) is 10.0 Å². The predicted octanol–water partition coefficient (Wildman–Crippen LogP) is 5.78. The lowest BCUT2D eigenvalue weighted by atomic mass is 10.1. The molecule has 1 aliphatic carbocycles. The summed E-state index contributed by atoms with van der Waals surface area (Å²) in [4.78, 5) is 7.53. The van der Waals surface area contributed by atoms with E-state index in [-0.39, 0.29) is 16.3 Å². The topological polar surface area (TPSA) is 103 Å². The summed E-state index contributed by atoms with van der Waals surface area (Å²) >= 11 is 2.79. The number of hydrogen-bond donors (Lipinski definition) is 2. The Hall–Kier alpha value is -3.12. The first-order chi connectivity index (χ1) is 16.7. The van der Waals surface area contributed by atoms with Gasteiger partial charge >= 0.3 is 0 Å². The zero-order valence-electron chi connectivity index (χ0n) is 18.1. The molecule has 182 valence electrons. The van der Waals surface area contributed by atoms with Crippen LogP contribution in [0.15, 0.2) is 52.2 Å². The third-order valence-corrected chi connectivity index (χ3v) is 8.13. The Labute approximate surface area is 207 Å². The minimum Gasteiger partial charge on any atom is -0.383 e. The van der Waals surface area contributed by atoms with Crippen molar-refractivity contribution in [2.45, 2.75) is 36.6 Å². The first kappa shape index (κ1) is 23.6. The Kier molecular flexibility index (Phi) is 5.96. The van der Waals surface area contributed by atoms with Crippen molar-refractivity contribution >= 4 is 48.5 Å². The van der Waals surface area contributed by atoms with Crippen molar-refractivity contribution < 1.29 is 21.6 Å². The van der Waals surface area contributed by atoms with Gasteiger partial charge in [-0.2, -0.15) is 0 Å². The molecule has 1 aliphatic rings. The molecule has 0 atom stereocenters. The van der Waals surface area contributed by atoms with E-state index in [2.05, 4.69) is 25.9 Å². The number of hydrogen-bond acceptors (Lipinski definition) is 5. The van der Waals surface area contributed by atoms with Gasteiger partial charge in [0, 0.05) is 17.8 Å². The Balaban J connectivity index is 1.53. The fourth-order valence-corrected chi connectivity index (χ4v) is 5.92. The second-order valence-electron chi connectivity index (χ2n) is 8.34. The van der Waals surface area contributed by atoms with Gasteiger partial charge in [0.05, 0.1) is 15.5 Å². The average Bonchev–Trinajstić information content (AvgIpc) is 3.46. The molecule has 1 fully saturated rings. The van der Waals surface area contributed by atoms with Crippen LogP contribution in [0.2, 0.25) is 0 Å². The number of nitrogens with zero attached hydrogens (tertiary/aromatic N) is 3. The molecule has 0 bridgehead atoms. The van der Waals surface area contributed by atoms with Gasteiger partial charge < -0.3 is 10.3 Å². The molecule has 3 N–H and O–H groups in total. The van der Waals surface area contributed by atoms with Gasteiger partial charge in [-0.15, -0.1) is 0 Å². The molecule has 2 aromatic heterocycles. The Morgan fingerprint density at radius 2 is 1.77 bits per heavy atom. The SMILES string of the molecule is Nc1ncnc2c1c(-c1ccc(NS(=O)(=O)c3cc(F)c(Br)cc3F)c(F)c1)cn2C1CCCC1. The van der Waals surface area contributed by atoms with Crippen LogP contribution in [0.3, 0.4) is 0 Å². The first-order valence-corrected chi connectivity index (χ1v) is 13.0. The summed E-state index contributed by atoms with van der Waals surface area (Å²) in [6, 6.07) is 5.34. The van der Waals surface area contributed by atoms with Crippen LogP contribution in [-0.4, -0.2) is 23.0 Å². The van der Waals surface area contributed by atoms with E-state index in [0.717, 1.165) is 31.7 Å². The van der Waals surface area contributed by atoms with Crippen LogP contribution in [0.5, 0.6) is 0 Å². The normalized spacial score (nSPS) is 14.6. The molecule has 0 aliphatic heterocycles. The monoisotopic (exact) mass is 565 g/mol. The van der Waals surface area contributed by atoms with Crippen LogP contribution in [0.4, 0.5) is 24.7 Å². The van der Waals surface area contributed by atoms with Gasteiger partial charge in [-0.25, -0.2) is 31.6 Å². The minimum absolute atomic E-state index is 0.232. The van der Waals surface area contributed by atoms with Crippen molar-refractivity contribution in [3.05, 3.63) is 64.8 Å². The maximum absolute atomic E-state index is 15.1. The van der Waals surface area contributed by atoms with Crippen molar-refractivity contribution in [2.75, 3.05) is 10.5 Å². The van der Waals surface area contributed by atoms with Gasteiger partial charge in [0.2, 0.25) is 0 Å². The van der Waals surface area contributed by atoms with Crippen LogP contribution in [0, 0.1) is 17.5 Å². The molecule has 0 amide bonds. The fraction of sp³-hybridized carbons (Fsp3) is 0.217. The second-order valence-corrected chi connectivity index (χ2v) is 10.8. The van der Waals surface area contributed by atoms with Crippen molar-refractivity contribution in [1.82, 2.24) is 14.5 Å². The highest BCUT2D eigenvalue weighted by Crippen LogP contribution is 2.39. The molecule has 0 spiro atoms. The molecular weight excluding hydrogens is 547 g/mol. The quantitative estimate of drug-likeness (QED) is 0.299. The number of nitrogens with two attached hydrogens (primary N) is 1. The van der Waals surface area contributed by atoms with E-state index >= 15 is 4.39 Å². The summed E-state index contributed by atoms with van der Waals surface area (Å²) < 4.78 is 72.1. The molecule has 0 unspecified atom stereocenters. The largest absolute Gasteiger partial charge is 0.383 e. The Bertz CT molecular complexity index is 1570. The minimum atomic E-state index is -4.60. The molecule has 5 rings (SSSR count). The first-order valence-electron chi connectivity index (χ1n) is 10.7. The smallest absolute Gasteiger partial charge is 0.265 e. The zero-order chi connectivity index (χ0) is 24.9. The van der Waals surface area contributed by atoms with Gasteiger partial charge in [-0.1, -0.05) is 18.9 Å². The molecular formula is C23H19BrF3N5O2S. The van der Waals surface area contributed by atoms with Gasteiger partial charge in [0.15, 0.2) is 0 Å². The maximum atomic E-state index is 15.1. The molecule has 0 radical (unpaired) electrons. The third kappa shape index (κ3) is 4.25. The fourth-order valence-electron chi connectivity index (χ4n) is 4.46. The van der Waals surface area contributed by atoms with Crippen molar-refractivity contribution in [2.24, 2.45) is 0 Å². The van der Waals surface area contributed by atoms with Crippen LogP contribution in [0.1, 0.15) is 31.7 Å². The number of sulfonamides is 1. The number of fused-ring (bicyclic) bond motifs is 1. The highest BCUT2D eigenvalue weighted by molar-refractivity contribution is 9.10. The lowest BCUT2D eigenvalue weighted by Gasteiger charge is -2.12. The second kappa shape index (κ2) is 8.83. The molecule has 35 heavy (non-hydrogen) atoms. The molecule has 0 saturated heterocycles. The van der Waals surface area contributed by atoms with Gasteiger partial charge in [0.1, 0.15) is 40.1 Å². The number of nitrogens with one attached hydrogen (secondary N) is 1. The summed E-state index contributed by atoms with van der Waals surface area (Å²) in [6.07, 6.45) is 7.45. The van der Waals surface area contributed by atoms with Crippen LogP contribution >= 0.6 is 15.9 Å². The average molecular weight is 566 g/mol. The molecule has 1 saturated carbocycles. The van der Waals surface area contributed by atoms with Crippen LogP contribution < -0.4 is 10.5 Å². The lowest BCUT2D eigenvalue weighted by Crippen LogP contribution is -2.16. The summed E-state index contributed by atoms with van der Waals surface area (Å²) in [5.74, 6) is -2.81. The third-order valence-electron chi connectivity index (χ3n) is 6.15. The molecule has 7 nitrogen and oxygen atoms in total. The van der Waals surface area contributed by atoms with Gasteiger partial charge in [-0.3, -0.25) is 4.72 Å². The Morgan fingerprint density at radius 1 is 1.03 bits per heavy atom. The van der Waals surface area contributed by atoms with E-state index in [0.29, 0.717) is 34.3 Å². The van der Waals surface area contributed by atoms with Crippen LogP contribution in [0.25, 0.3) is 22.2 Å². The van der Waals surface area contributed by atoms with E-state index in [4.69, 9.17) is 5.73 Å². The van der Waals surface area contributed by atoms with E-state index in [9.17, 15) is 17.2 Å². The highest BCUT2D eigenvalue weighted by atomic mass is 79.9. The summed E-state index contributed by atoms with van der Waals surface area (Å²) in [5, 5.41) is 0.583. The predicted molar refractivity (Wildman–Crippen MR) is 130 cm³/mol. The number of benzene rings is 2. The summed E-state index contributed by atoms with van der Waals surface area (Å²) in [5.41, 5.74) is 7.42. The van der Waals surface area contributed by atoms with E-state index in [1.807, 2.05) is 15.5 Å². The van der Waals surface area contributed by atoms with Crippen molar-refractivity contribution in [1.29, 1.82) is 0 Å². The van der Waals surface area contributed by atoms with Gasteiger partial charge in [-0.05, 0) is 58.6 Å². The number of halogens is 4.